The maximum Gasteiger partial charge on any atom is 0.405 e. The summed E-state index contributed by atoms with van der Waals surface area (Å²) < 4.78 is 36.6. The van der Waals surface area contributed by atoms with Crippen LogP contribution in [0.3, 0.4) is 0 Å². The van der Waals surface area contributed by atoms with Gasteiger partial charge in [-0.25, -0.2) is 0 Å². The van der Waals surface area contributed by atoms with Gasteiger partial charge in [0.1, 0.15) is 6.54 Å². The van der Waals surface area contributed by atoms with Gasteiger partial charge in [-0.1, -0.05) is 18.2 Å². The highest BCUT2D eigenvalue weighted by Crippen LogP contribution is 2.21. The predicted octanol–water partition coefficient (Wildman–Crippen LogP) is 2.05. The van der Waals surface area contributed by atoms with Crippen LogP contribution < -0.4 is 4.90 Å². The van der Waals surface area contributed by atoms with Crippen LogP contribution in [0.15, 0.2) is 30.3 Å². The lowest BCUT2D eigenvalue weighted by atomic mass is 10.3. The van der Waals surface area contributed by atoms with Crippen LogP contribution in [0.5, 0.6) is 0 Å². The standard InChI is InChI=1S/C10H12F3NO/c11-10(12,13)8-14(6-7-15)9-4-2-1-3-5-9/h1-5,15H,6-8H2. The zero-order valence-corrected chi connectivity index (χ0v) is 8.04. The Labute approximate surface area is 85.9 Å². The normalized spacial score (nSPS) is 11.5. The third-order valence-electron chi connectivity index (χ3n) is 1.86. The summed E-state index contributed by atoms with van der Waals surface area (Å²) in [7, 11) is 0. The van der Waals surface area contributed by atoms with Crippen molar-refractivity contribution in [1.82, 2.24) is 0 Å². The Morgan fingerprint density at radius 1 is 1.13 bits per heavy atom. The largest absolute Gasteiger partial charge is 0.405 e. The number of hydrogen-bond acceptors (Lipinski definition) is 2. The Hall–Kier alpha value is -1.23. The first-order chi connectivity index (χ1) is 7.03. The van der Waals surface area contributed by atoms with Crippen LogP contribution in [0, 0.1) is 0 Å². The Bertz CT molecular complexity index is 286. The Morgan fingerprint density at radius 3 is 2.20 bits per heavy atom. The fourth-order valence-electron chi connectivity index (χ4n) is 1.28. The molecule has 15 heavy (non-hydrogen) atoms. The van der Waals surface area contributed by atoms with Gasteiger partial charge in [-0.15, -0.1) is 0 Å². The van der Waals surface area contributed by atoms with Crippen molar-refractivity contribution in [3.8, 4) is 0 Å². The molecule has 1 aromatic carbocycles. The fraction of sp³-hybridized carbons (Fsp3) is 0.400. The molecule has 0 unspecified atom stereocenters. The SMILES string of the molecule is OCCN(CC(F)(F)F)c1ccccc1. The lowest BCUT2D eigenvalue weighted by molar-refractivity contribution is -0.119. The molecule has 2 nitrogen and oxygen atoms in total. The van der Waals surface area contributed by atoms with E-state index in [0.29, 0.717) is 5.69 Å². The minimum absolute atomic E-state index is 0.0243. The third-order valence-corrected chi connectivity index (χ3v) is 1.86. The molecule has 0 amide bonds. The summed E-state index contributed by atoms with van der Waals surface area (Å²) in [6.45, 7) is -1.37. The molecule has 5 heteroatoms. The highest BCUT2D eigenvalue weighted by Gasteiger charge is 2.30. The van der Waals surface area contributed by atoms with Gasteiger partial charge in [0, 0.05) is 12.2 Å². The van der Waals surface area contributed by atoms with E-state index in [1.54, 1.807) is 30.3 Å². The summed E-state index contributed by atoms with van der Waals surface area (Å²) in [5, 5.41) is 8.69. The highest BCUT2D eigenvalue weighted by atomic mass is 19.4. The number of alkyl halides is 3. The Kier molecular flexibility index (Phi) is 3.96. The van der Waals surface area contributed by atoms with Gasteiger partial charge in [-0.2, -0.15) is 13.2 Å². The first-order valence-electron chi connectivity index (χ1n) is 4.50. The average molecular weight is 219 g/mol. The number of benzene rings is 1. The fourth-order valence-corrected chi connectivity index (χ4v) is 1.28. The first kappa shape index (κ1) is 11.8. The van der Waals surface area contributed by atoms with E-state index in [1.165, 1.54) is 0 Å². The number of aliphatic hydroxyl groups excluding tert-OH is 1. The molecule has 0 aromatic heterocycles. The summed E-state index contributed by atoms with van der Waals surface area (Å²) in [5.41, 5.74) is 0.462. The lowest BCUT2D eigenvalue weighted by Gasteiger charge is -2.24. The van der Waals surface area contributed by atoms with E-state index in [1.807, 2.05) is 0 Å². The maximum absolute atomic E-state index is 12.2. The monoisotopic (exact) mass is 219 g/mol. The number of anilines is 1. The molecule has 0 saturated heterocycles. The van der Waals surface area contributed by atoms with Gasteiger partial charge in [0.25, 0.3) is 0 Å². The first-order valence-corrected chi connectivity index (χ1v) is 4.50. The van der Waals surface area contributed by atoms with E-state index in [-0.39, 0.29) is 13.2 Å². The molecule has 1 N–H and O–H groups in total. The van der Waals surface area contributed by atoms with Crippen LogP contribution >= 0.6 is 0 Å². The molecule has 0 heterocycles. The van der Waals surface area contributed by atoms with Crippen molar-refractivity contribution in [3.05, 3.63) is 30.3 Å². The van der Waals surface area contributed by atoms with Gasteiger partial charge >= 0.3 is 6.18 Å². The molecule has 84 valence electrons. The molecule has 1 aromatic rings. The lowest BCUT2D eigenvalue weighted by Crippen LogP contribution is -2.36. The topological polar surface area (TPSA) is 23.5 Å². The van der Waals surface area contributed by atoms with Crippen LogP contribution in [0.25, 0.3) is 0 Å². The molecule has 0 atom stereocenters. The average Bonchev–Trinajstić information content (AvgIpc) is 2.17. The van der Waals surface area contributed by atoms with E-state index in [0.717, 1.165) is 4.90 Å². The summed E-state index contributed by atoms with van der Waals surface area (Å²) in [6.07, 6.45) is -4.26. The van der Waals surface area contributed by atoms with Crippen molar-refractivity contribution in [3.63, 3.8) is 0 Å². The molecule has 0 fully saturated rings. The van der Waals surface area contributed by atoms with Gasteiger partial charge in [0.2, 0.25) is 0 Å². The van der Waals surface area contributed by atoms with E-state index in [4.69, 9.17) is 5.11 Å². The van der Waals surface area contributed by atoms with Crippen molar-refractivity contribution in [1.29, 1.82) is 0 Å². The van der Waals surface area contributed by atoms with Crippen molar-refractivity contribution in [2.75, 3.05) is 24.6 Å². The second-order valence-corrected chi connectivity index (χ2v) is 3.10. The molecule has 1 rings (SSSR count). The second-order valence-electron chi connectivity index (χ2n) is 3.10. The molecule has 0 bridgehead atoms. The number of hydrogen-bond donors (Lipinski definition) is 1. The number of rotatable bonds is 4. The number of para-hydroxylation sites is 1. The number of aliphatic hydroxyl groups is 1. The van der Waals surface area contributed by atoms with Gasteiger partial charge < -0.3 is 10.0 Å². The van der Waals surface area contributed by atoms with Gasteiger partial charge in [0.05, 0.1) is 6.61 Å². The zero-order valence-electron chi connectivity index (χ0n) is 8.04. The summed E-state index contributed by atoms with van der Waals surface area (Å²) in [4.78, 5) is 1.10. The van der Waals surface area contributed by atoms with E-state index >= 15 is 0 Å². The molecule has 0 aliphatic carbocycles. The summed E-state index contributed by atoms with van der Waals surface area (Å²) in [5.74, 6) is 0. The van der Waals surface area contributed by atoms with Crippen molar-refractivity contribution < 1.29 is 18.3 Å². The summed E-state index contributed by atoms with van der Waals surface area (Å²) >= 11 is 0. The highest BCUT2D eigenvalue weighted by molar-refractivity contribution is 5.46. The van der Waals surface area contributed by atoms with E-state index in [2.05, 4.69) is 0 Å². The molecule has 0 spiro atoms. The maximum atomic E-state index is 12.2. The second kappa shape index (κ2) is 5.02. The van der Waals surface area contributed by atoms with E-state index in [9.17, 15) is 13.2 Å². The summed E-state index contributed by atoms with van der Waals surface area (Å²) in [6, 6.07) is 8.23. The molecular formula is C10H12F3NO. The molecular weight excluding hydrogens is 207 g/mol. The van der Waals surface area contributed by atoms with E-state index < -0.39 is 12.7 Å². The quantitative estimate of drug-likeness (QED) is 0.837. The molecule has 0 saturated carbocycles. The third kappa shape index (κ3) is 4.20. The molecule has 0 aliphatic heterocycles. The van der Waals surface area contributed by atoms with Gasteiger partial charge in [0.15, 0.2) is 0 Å². The smallest absolute Gasteiger partial charge is 0.395 e. The van der Waals surface area contributed by atoms with Crippen molar-refractivity contribution in [2.45, 2.75) is 6.18 Å². The van der Waals surface area contributed by atoms with Crippen molar-refractivity contribution in [2.24, 2.45) is 0 Å². The van der Waals surface area contributed by atoms with Crippen LogP contribution in [0.1, 0.15) is 0 Å². The number of nitrogens with zero attached hydrogens (tertiary/aromatic N) is 1. The predicted molar refractivity (Wildman–Crippen MR) is 51.8 cm³/mol. The van der Waals surface area contributed by atoms with Gasteiger partial charge in [-0.05, 0) is 12.1 Å². The van der Waals surface area contributed by atoms with Crippen LogP contribution in [0.2, 0.25) is 0 Å². The van der Waals surface area contributed by atoms with Crippen LogP contribution in [-0.4, -0.2) is 31.0 Å². The van der Waals surface area contributed by atoms with Crippen LogP contribution in [-0.2, 0) is 0 Å². The minimum atomic E-state index is -4.26. The minimum Gasteiger partial charge on any atom is -0.395 e. The molecule has 0 aliphatic rings. The Morgan fingerprint density at radius 2 is 1.73 bits per heavy atom. The van der Waals surface area contributed by atoms with Crippen molar-refractivity contribution >= 4 is 5.69 Å². The van der Waals surface area contributed by atoms with Crippen LogP contribution in [0.4, 0.5) is 18.9 Å². The number of halogens is 3. The molecule has 0 radical (unpaired) electrons. The zero-order chi connectivity index (χ0) is 11.3. The Balaban J connectivity index is 2.75. The van der Waals surface area contributed by atoms with Gasteiger partial charge in [-0.3, -0.25) is 0 Å².